The molecule has 0 saturated heterocycles. The van der Waals surface area contributed by atoms with E-state index in [4.69, 9.17) is 4.74 Å². The summed E-state index contributed by atoms with van der Waals surface area (Å²) < 4.78 is 5.84. The van der Waals surface area contributed by atoms with Gasteiger partial charge in [0.15, 0.2) is 0 Å². The van der Waals surface area contributed by atoms with E-state index in [1.807, 2.05) is 12.2 Å². The van der Waals surface area contributed by atoms with E-state index in [9.17, 15) is 14.7 Å². The molecule has 180 valence electrons. The van der Waals surface area contributed by atoms with Gasteiger partial charge in [0, 0.05) is 0 Å². The molecule has 1 aliphatic carbocycles. The van der Waals surface area contributed by atoms with Crippen molar-refractivity contribution in [1.29, 1.82) is 0 Å². The third kappa shape index (κ3) is 13.0. The third-order valence-electron chi connectivity index (χ3n) is 6.38. The van der Waals surface area contributed by atoms with Crippen molar-refractivity contribution in [3.63, 3.8) is 0 Å². The minimum absolute atomic E-state index is 0.0891. The standard InChI is InChI=1S/C27H48O4/c1-21(2)16-12-10-8-6-5-7-9-11-13-17-23(20-22(3)4)31-27(30)25-19-15-14-18-24(25)26(28)29/h14-15,21-25H,5-13,16-20H2,1-4H3,(H,28,29). The van der Waals surface area contributed by atoms with Crippen LogP contribution in [-0.2, 0) is 14.3 Å². The van der Waals surface area contributed by atoms with Crippen molar-refractivity contribution in [1.82, 2.24) is 0 Å². The quantitative estimate of drug-likeness (QED) is 0.145. The Bertz CT molecular complexity index is 523. The van der Waals surface area contributed by atoms with Gasteiger partial charge in [-0.15, -0.1) is 0 Å². The van der Waals surface area contributed by atoms with Crippen LogP contribution in [0.25, 0.3) is 0 Å². The number of esters is 1. The van der Waals surface area contributed by atoms with Crippen molar-refractivity contribution in [3.05, 3.63) is 12.2 Å². The zero-order chi connectivity index (χ0) is 23.1. The van der Waals surface area contributed by atoms with Crippen LogP contribution in [0, 0.1) is 23.7 Å². The number of aliphatic carboxylic acids is 1. The van der Waals surface area contributed by atoms with Crippen LogP contribution in [-0.4, -0.2) is 23.1 Å². The maximum Gasteiger partial charge on any atom is 0.310 e. The van der Waals surface area contributed by atoms with Gasteiger partial charge in [-0.2, -0.15) is 0 Å². The van der Waals surface area contributed by atoms with Crippen LogP contribution < -0.4 is 0 Å². The molecule has 0 radical (unpaired) electrons. The third-order valence-corrected chi connectivity index (χ3v) is 6.38. The Kier molecular flexibility index (Phi) is 14.6. The lowest BCUT2D eigenvalue weighted by atomic mass is 9.83. The second-order valence-electron chi connectivity index (χ2n) is 10.3. The molecule has 4 heteroatoms. The number of hydrogen-bond donors (Lipinski definition) is 1. The topological polar surface area (TPSA) is 63.6 Å². The molecular weight excluding hydrogens is 388 g/mol. The summed E-state index contributed by atoms with van der Waals surface area (Å²) in [5, 5.41) is 9.42. The predicted molar refractivity (Wildman–Crippen MR) is 128 cm³/mol. The lowest BCUT2D eigenvalue weighted by Gasteiger charge is -2.27. The molecule has 0 aliphatic heterocycles. The Labute approximate surface area is 191 Å². The Morgan fingerprint density at radius 3 is 1.74 bits per heavy atom. The van der Waals surface area contributed by atoms with E-state index in [0.29, 0.717) is 18.8 Å². The van der Waals surface area contributed by atoms with Gasteiger partial charge >= 0.3 is 11.9 Å². The largest absolute Gasteiger partial charge is 0.481 e. The van der Waals surface area contributed by atoms with Gasteiger partial charge in [0.2, 0.25) is 0 Å². The fraction of sp³-hybridized carbons (Fsp3) is 0.852. The highest BCUT2D eigenvalue weighted by Crippen LogP contribution is 2.28. The number of ether oxygens (including phenoxy) is 1. The van der Waals surface area contributed by atoms with Gasteiger partial charge < -0.3 is 9.84 Å². The van der Waals surface area contributed by atoms with Crippen molar-refractivity contribution in [2.24, 2.45) is 23.7 Å². The first-order chi connectivity index (χ1) is 14.8. The first-order valence-electron chi connectivity index (χ1n) is 12.9. The zero-order valence-electron chi connectivity index (χ0n) is 20.6. The molecule has 0 amide bonds. The summed E-state index contributed by atoms with van der Waals surface area (Å²) in [6, 6.07) is 0. The molecule has 0 aromatic heterocycles. The van der Waals surface area contributed by atoms with Gasteiger partial charge in [-0.3, -0.25) is 9.59 Å². The highest BCUT2D eigenvalue weighted by molar-refractivity contribution is 5.81. The molecule has 0 bridgehead atoms. The molecule has 0 aromatic rings. The Hall–Kier alpha value is -1.32. The smallest absolute Gasteiger partial charge is 0.310 e. The maximum atomic E-state index is 12.7. The number of hydrogen-bond acceptors (Lipinski definition) is 3. The Balaban J connectivity index is 2.25. The Morgan fingerprint density at radius 1 is 0.774 bits per heavy atom. The summed E-state index contributed by atoms with van der Waals surface area (Å²) >= 11 is 0. The monoisotopic (exact) mass is 436 g/mol. The van der Waals surface area contributed by atoms with Crippen LogP contribution in [0.2, 0.25) is 0 Å². The zero-order valence-corrected chi connectivity index (χ0v) is 20.6. The summed E-state index contributed by atoms with van der Waals surface area (Å²) in [5.74, 6) is -1.13. The molecule has 0 heterocycles. The summed E-state index contributed by atoms with van der Waals surface area (Å²) in [6.45, 7) is 8.89. The number of carboxylic acids is 1. The molecule has 0 saturated carbocycles. The van der Waals surface area contributed by atoms with Crippen LogP contribution in [0.1, 0.15) is 118 Å². The summed E-state index contributed by atoms with van der Waals surface area (Å²) in [4.78, 5) is 24.2. The van der Waals surface area contributed by atoms with E-state index in [1.165, 1.54) is 57.8 Å². The van der Waals surface area contributed by atoms with Gasteiger partial charge in [0.1, 0.15) is 6.10 Å². The first-order valence-corrected chi connectivity index (χ1v) is 12.9. The van der Waals surface area contributed by atoms with Crippen LogP contribution in [0.4, 0.5) is 0 Å². The molecule has 31 heavy (non-hydrogen) atoms. The van der Waals surface area contributed by atoms with Crippen LogP contribution in [0.3, 0.4) is 0 Å². The lowest BCUT2D eigenvalue weighted by molar-refractivity contribution is -0.162. The summed E-state index contributed by atoms with van der Waals surface area (Å²) in [5.41, 5.74) is 0. The molecular formula is C27H48O4. The van der Waals surface area contributed by atoms with Crippen LogP contribution >= 0.6 is 0 Å². The van der Waals surface area contributed by atoms with Gasteiger partial charge in [-0.1, -0.05) is 97.6 Å². The van der Waals surface area contributed by atoms with Crippen molar-refractivity contribution < 1.29 is 19.4 Å². The summed E-state index contributed by atoms with van der Waals surface area (Å²) in [7, 11) is 0. The first kappa shape index (κ1) is 27.7. The predicted octanol–water partition coefficient (Wildman–Crippen LogP) is 7.56. The van der Waals surface area contributed by atoms with Crippen molar-refractivity contribution in [2.45, 2.75) is 124 Å². The number of rotatable bonds is 17. The minimum atomic E-state index is -0.897. The van der Waals surface area contributed by atoms with E-state index in [2.05, 4.69) is 27.7 Å². The number of carboxylic acid groups (broad SMARTS) is 1. The molecule has 3 unspecified atom stereocenters. The van der Waals surface area contributed by atoms with Gasteiger partial charge in [-0.05, 0) is 43.9 Å². The van der Waals surface area contributed by atoms with Crippen LogP contribution in [0.5, 0.6) is 0 Å². The van der Waals surface area contributed by atoms with Gasteiger partial charge in [0.05, 0.1) is 11.8 Å². The van der Waals surface area contributed by atoms with E-state index >= 15 is 0 Å². The molecule has 0 spiro atoms. The lowest BCUT2D eigenvalue weighted by Crippen LogP contribution is -2.34. The van der Waals surface area contributed by atoms with E-state index in [0.717, 1.165) is 25.2 Å². The number of allylic oxidation sites excluding steroid dienone is 2. The molecule has 1 N–H and O–H groups in total. The number of carbonyl (C=O) groups excluding carboxylic acids is 1. The van der Waals surface area contributed by atoms with Crippen molar-refractivity contribution in [2.75, 3.05) is 0 Å². The molecule has 1 rings (SSSR count). The molecule has 4 nitrogen and oxygen atoms in total. The fourth-order valence-electron chi connectivity index (χ4n) is 4.51. The van der Waals surface area contributed by atoms with Gasteiger partial charge in [0.25, 0.3) is 0 Å². The molecule has 0 fully saturated rings. The second-order valence-corrected chi connectivity index (χ2v) is 10.3. The van der Waals surface area contributed by atoms with Gasteiger partial charge in [-0.25, -0.2) is 0 Å². The highest BCUT2D eigenvalue weighted by Gasteiger charge is 2.36. The molecule has 1 aliphatic rings. The molecule has 3 atom stereocenters. The van der Waals surface area contributed by atoms with E-state index < -0.39 is 17.8 Å². The highest BCUT2D eigenvalue weighted by atomic mass is 16.5. The fourth-order valence-corrected chi connectivity index (χ4v) is 4.51. The average molecular weight is 437 g/mol. The van der Waals surface area contributed by atoms with Crippen molar-refractivity contribution in [3.8, 4) is 0 Å². The average Bonchev–Trinajstić information content (AvgIpc) is 2.71. The Morgan fingerprint density at radius 2 is 1.26 bits per heavy atom. The van der Waals surface area contributed by atoms with E-state index in [-0.39, 0.29) is 12.1 Å². The van der Waals surface area contributed by atoms with Crippen molar-refractivity contribution >= 4 is 11.9 Å². The number of carbonyl (C=O) groups is 2. The summed E-state index contributed by atoms with van der Waals surface area (Å²) in [6.07, 6.45) is 19.3. The van der Waals surface area contributed by atoms with Crippen LogP contribution in [0.15, 0.2) is 12.2 Å². The van der Waals surface area contributed by atoms with E-state index in [1.54, 1.807) is 0 Å². The SMILES string of the molecule is CC(C)CCCCCCCCCCCC(CC(C)C)OC(=O)C1CC=CCC1C(=O)O. The maximum absolute atomic E-state index is 12.7. The number of unbranched alkanes of at least 4 members (excludes halogenated alkanes) is 8. The normalized spacial score (nSPS) is 19.7. The minimum Gasteiger partial charge on any atom is -0.481 e. The second kappa shape index (κ2) is 16.3. The molecule has 0 aromatic carbocycles.